The Kier molecular flexibility index (Phi) is 2.49. The highest BCUT2D eigenvalue weighted by Crippen LogP contribution is 2.37. The topological polar surface area (TPSA) is 43.9 Å². The quantitative estimate of drug-likeness (QED) is 0.708. The number of rotatable bonds is 1. The molecule has 4 rings (SSSR count). The Bertz CT molecular complexity index is 583. The van der Waals surface area contributed by atoms with Crippen molar-refractivity contribution in [3.63, 3.8) is 0 Å². The van der Waals surface area contributed by atoms with Crippen molar-refractivity contribution in [3.8, 4) is 0 Å². The molecule has 0 spiro atoms. The average molecular weight is 271 g/mol. The van der Waals surface area contributed by atoms with Crippen molar-refractivity contribution in [1.29, 1.82) is 0 Å². The largest absolute Gasteiger partial charge is 0.274 e. The molecule has 0 N–H and O–H groups in total. The first kappa shape index (κ1) is 12.1. The Morgan fingerprint density at radius 3 is 2.55 bits per heavy atom. The molecule has 0 aliphatic carbocycles. The lowest BCUT2D eigenvalue weighted by Gasteiger charge is -2.24. The minimum atomic E-state index is -0.272. The van der Waals surface area contributed by atoms with Crippen LogP contribution < -0.4 is 4.90 Å². The van der Waals surface area contributed by atoms with E-state index in [2.05, 4.69) is 10.0 Å². The van der Waals surface area contributed by atoms with E-state index < -0.39 is 0 Å². The molecule has 104 valence electrons. The molecule has 2 amide bonds. The lowest BCUT2D eigenvalue weighted by molar-refractivity contribution is -0.125. The standard InChI is InChI=1S/C15H17N3O2/c1-10-3-5-11(6-4-10)18-14(19)12-9-16-7-2-8-17(16)13(12)15(18)20/h3-6,12-13H,2,7-9H2,1H3/t12-,13-/m1/s1. The van der Waals surface area contributed by atoms with Gasteiger partial charge in [-0.15, -0.1) is 0 Å². The summed E-state index contributed by atoms with van der Waals surface area (Å²) in [4.78, 5) is 26.6. The Morgan fingerprint density at radius 1 is 1.05 bits per heavy atom. The van der Waals surface area contributed by atoms with Gasteiger partial charge in [-0.2, -0.15) is 0 Å². The SMILES string of the molecule is Cc1ccc(N2C(=O)[C@@H]3CN4CCCN4[C@H]3C2=O)cc1. The van der Waals surface area contributed by atoms with Gasteiger partial charge in [-0.1, -0.05) is 17.7 Å². The van der Waals surface area contributed by atoms with Crippen LogP contribution in [0.5, 0.6) is 0 Å². The first-order chi connectivity index (χ1) is 9.66. The van der Waals surface area contributed by atoms with Crippen molar-refractivity contribution < 1.29 is 9.59 Å². The van der Waals surface area contributed by atoms with Crippen molar-refractivity contribution in [2.24, 2.45) is 5.92 Å². The zero-order valence-corrected chi connectivity index (χ0v) is 11.5. The number of anilines is 1. The molecule has 1 aromatic carbocycles. The maximum absolute atomic E-state index is 12.7. The van der Waals surface area contributed by atoms with Crippen LogP contribution in [-0.2, 0) is 9.59 Å². The van der Waals surface area contributed by atoms with Crippen LogP contribution in [-0.4, -0.2) is 47.5 Å². The molecular weight excluding hydrogens is 254 g/mol. The predicted molar refractivity (Wildman–Crippen MR) is 73.8 cm³/mol. The van der Waals surface area contributed by atoms with Gasteiger partial charge in [0.15, 0.2) is 0 Å². The number of imide groups is 1. The minimum absolute atomic E-state index is 0.0433. The molecule has 20 heavy (non-hydrogen) atoms. The Morgan fingerprint density at radius 2 is 1.80 bits per heavy atom. The van der Waals surface area contributed by atoms with Crippen molar-refractivity contribution in [2.45, 2.75) is 19.4 Å². The smallest absolute Gasteiger partial charge is 0.253 e. The summed E-state index contributed by atoms with van der Waals surface area (Å²) >= 11 is 0. The molecule has 0 bridgehead atoms. The number of hydrogen-bond acceptors (Lipinski definition) is 4. The molecule has 3 aliphatic rings. The van der Waals surface area contributed by atoms with Gasteiger partial charge >= 0.3 is 0 Å². The zero-order chi connectivity index (χ0) is 13.9. The summed E-state index contributed by atoms with van der Waals surface area (Å²) in [5.74, 6) is -0.296. The molecule has 2 atom stereocenters. The first-order valence-corrected chi connectivity index (χ1v) is 7.13. The molecular formula is C15H17N3O2. The van der Waals surface area contributed by atoms with Gasteiger partial charge in [0.1, 0.15) is 6.04 Å². The molecule has 5 nitrogen and oxygen atoms in total. The number of benzene rings is 1. The number of fused-ring (bicyclic) bond motifs is 3. The summed E-state index contributed by atoms with van der Waals surface area (Å²) < 4.78 is 0. The number of carbonyl (C=O) groups is 2. The normalized spacial score (nSPS) is 30.1. The maximum atomic E-state index is 12.7. The van der Waals surface area contributed by atoms with Gasteiger partial charge in [0, 0.05) is 19.6 Å². The third kappa shape index (κ3) is 1.50. The Hall–Kier alpha value is -1.72. The van der Waals surface area contributed by atoms with Crippen LogP contribution in [0.1, 0.15) is 12.0 Å². The number of nitrogens with zero attached hydrogens (tertiary/aromatic N) is 3. The monoisotopic (exact) mass is 271 g/mol. The summed E-state index contributed by atoms with van der Waals surface area (Å²) in [6.07, 6.45) is 1.08. The van der Waals surface area contributed by atoms with E-state index in [0.717, 1.165) is 25.1 Å². The van der Waals surface area contributed by atoms with Crippen molar-refractivity contribution >= 4 is 17.5 Å². The fourth-order valence-electron chi connectivity index (χ4n) is 3.60. The van der Waals surface area contributed by atoms with E-state index in [1.54, 1.807) is 0 Å². The van der Waals surface area contributed by atoms with E-state index in [1.165, 1.54) is 4.90 Å². The van der Waals surface area contributed by atoms with Crippen molar-refractivity contribution in [1.82, 2.24) is 10.0 Å². The summed E-state index contributed by atoms with van der Waals surface area (Å²) in [7, 11) is 0. The van der Waals surface area contributed by atoms with Gasteiger partial charge in [0.05, 0.1) is 11.6 Å². The minimum Gasteiger partial charge on any atom is -0.274 e. The number of amides is 2. The zero-order valence-electron chi connectivity index (χ0n) is 11.5. The fourth-order valence-corrected chi connectivity index (χ4v) is 3.60. The van der Waals surface area contributed by atoms with Gasteiger partial charge in [-0.05, 0) is 25.5 Å². The molecule has 0 radical (unpaired) electrons. The second kappa shape index (κ2) is 4.14. The molecule has 3 fully saturated rings. The summed E-state index contributed by atoms with van der Waals surface area (Å²) in [6, 6.07) is 7.31. The van der Waals surface area contributed by atoms with Crippen molar-refractivity contribution in [3.05, 3.63) is 29.8 Å². The molecule has 3 heterocycles. The molecule has 0 saturated carbocycles. The Balaban J connectivity index is 1.69. The number of aryl methyl sites for hydroxylation is 1. The highest BCUT2D eigenvalue weighted by atomic mass is 16.2. The van der Waals surface area contributed by atoms with Crippen LogP contribution in [0.2, 0.25) is 0 Å². The molecule has 1 aromatic rings. The van der Waals surface area contributed by atoms with E-state index >= 15 is 0 Å². The van der Waals surface area contributed by atoms with Gasteiger partial charge in [-0.3, -0.25) is 9.59 Å². The van der Waals surface area contributed by atoms with Gasteiger partial charge in [0.2, 0.25) is 5.91 Å². The van der Waals surface area contributed by atoms with Gasteiger partial charge in [-0.25, -0.2) is 14.9 Å². The van der Waals surface area contributed by atoms with Crippen LogP contribution in [0.3, 0.4) is 0 Å². The van der Waals surface area contributed by atoms with Gasteiger partial charge < -0.3 is 0 Å². The summed E-state index contributed by atoms with van der Waals surface area (Å²) in [5, 5.41) is 4.26. The molecule has 0 aromatic heterocycles. The summed E-state index contributed by atoms with van der Waals surface area (Å²) in [5.41, 5.74) is 1.82. The van der Waals surface area contributed by atoms with Crippen LogP contribution >= 0.6 is 0 Å². The van der Waals surface area contributed by atoms with Crippen LogP contribution in [0.25, 0.3) is 0 Å². The van der Waals surface area contributed by atoms with E-state index in [1.807, 2.05) is 31.2 Å². The third-order valence-corrected chi connectivity index (χ3v) is 4.58. The predicted octanol–water partition coefficient (Wildman–Crippen LogP) is 0.789. The van der Waals surface area contributed by atoms with Crippen molar-refractivity contribution in [2.75, 3.05) is 24.5 Å². The van der Waals surface area contributed by atoms with Crippen LogP contribution in [0.4, 0.5) is 5.69 Å². The maximum Gasteiger partial charge on any atom is 0.253 e. The van der Waals surface area contributed by atoms with E-state index in [0.29, 0.717) is 12.2 Å². The van der Waals surface area contributed by atoms with E-state index in [4.69, 9.17) is 0 Å². The van der Waals surface area contributed by atoms with E-state index in [-0.39, 0.29) is 23.8 Å². The lowest BCUT2D eigenvalue weighted by atomic mass is 10.0. The lowest BCUT2D eigenvalue weighted by Crippen LogP contribution is -2.43. The fraction of sp³-hybridized carbons (Fsp3) is 0.467. The molecule has 3 aliphatic heterocycles. The number of hydrogen-bond donors (Lipinski definition) is 0. The molecule has 5 heteroatoms. The third-order valence-electron chi connectivity index (χ3n) is 4.58. The molecule has 0 unspecified atom stereocenters. The second-order valence-electron chi connectivity index (χ2n) is 5.83. The average Bonchev–Trinajstić information content (AvgIpc) is 3.05. The Labute approximate surface area is 117 Å². The first-order valence-electron chi connectivity index (χ1n) is 7.13. The highest BCUT2D eigenvalue weighted by Gasteiger charge is 2.57. The van der Waals surface area contributed by atoms with Crippen LogP contribution in [0.15, 0.2) is 24.3 Å². The van der Waals surface area contributed by atoms with Crippen LogP contribution in [0, 0.1) is 12.8 Å². The second-order valence-corrected chi connectivity index (χ2v) is 5.83. The molecule has 3 saturated heterocycles. The van der Waals surface area contributed by atoms with E-state index in [9.17, 15) is 9.59 Å². The highest BCUT2D eigenvalue weighted by molar-refractivity contribution is 6.23. The van der Waals surface area contributed by atoms with Gasteiger partial charge in [0.25, 0.3) is 5.91 Å². The number of hydrazine groups is 1. The number of carbonyl (C=O) groups excluding carboxylic acids is 2. The summed E-state index contributed by atoms with van der Waals surface area (Å²) in [6.45, 7) is 4.55.